The van der Waals surface area contributed by atoms with E-state index >= 15 is 0 Å². The number of hydrogen-bond donors (Lipinski definition) is 1. The van der Waals surface area contributed by atoms with E-state index in [0.717, 1.165) is 13.0 Å². The average molecular weight is 156 g/mol. The van der Waals surface area contributed by atoms with Gasteiger partial charge in [-0.3, -0.25) is 0 Å². The highest BCUT2D eigenvalue weighted by Crippen LogP contribution is 1.92. The van der Waals surface area contributed by atoms with Gasteiger partial charge in [0.15, 0.2) is 0 Å². The molecule has 0 aliphatic carbocycles. The Morgan fingerprint density at radius 3 is 2.36 bits per heavy atom. The molecule has 66 valence electrons. The molecule has 1 unspecified atom stereocenters. The monoisotopic (exact) mass is 156 g/mol. The maximum atomic E-state index is 8.21. The minimum atomic E-state index is 0.495. The summed E-state index contributed by atoms with van der Waals surface area (Å²) in [6.07, 6.45) is 1.62. The standard InChI is InChI=1S/C7H14N2.C2H6/c1-3-9-7(2)5-4-6-8;1-2/h7,9H,3-5H2,1-2H3;1-2H3. The predicted octanol–water partition coefficient (Wildman–Crippen LogP) is 2.31. The third kappa shape index (κ3) is 12.6. The van der Waals surface area contributed by atoms with Crippen molar-refractivity contribution in [2.24, 2.45) is 0 Å². The normalized spacial score (nSPS) is 10.8. The molecule has 0 saturated heterocycles. The van der Waals surface area contributed by atoms with E-state index in [1.54, 1.807) is 0 Å². The molecule has 0 saturated carbocycles. The fraction of sp³-hybridized carbons (Fsp3) is 0.889. The van der Waals surface area contributed by atoms with Crippen molar-refractivity contribution in [1.29, 1.82) is 5.26 Å². The van der Waals surface area contributed by atoms with Crippen molar-refractivity contribution in [3.63, 3.8) is 0 Å². The maximum absolute atomic E-state index is 8.21. The Hall–Kier alpha value is -0.550. The summed E-state index contributed by atoms with van der Waals surface area (Å²) in [6.45, 7) is 9.16. The highest BCUT2D eigenvalue weighted by atomic mass is 14.9. The second kappa shape index (κ2) is 12.2. The first kappa shape index (κ1) is 13.1. The van der Waals surface area contributed by atoms with Crippen molar-refractivity contribution >= 4 is 0 Å². The van der Waals surface area contributed by atoms with E-state index in [9.17, 15) is 0 Å². The summed E-state index contributed by atoms with van der Waals surface area (Å²) in [7, 11) is 0. The highest BCUT2D eigenvalue weighted by molar-refractivity contribution is 4.72. The summed E-state index contributed by atoms with van der Waals surface area (Å²) < 4.78 is 0. The number of nitriles is 1. The van der Waals surface area contributed by atoms with Crippen molar-refractivity contribution in [2.45, 2.75) is 46.6 Å². The molecule has 2 nitrogen and oxygen atoms in total. The summed E-state index contributed by atoms with van der Waals surface area (Å²) >= 11 is 0. The van der Waals surface area contributed by atoms with E-state index in [4.69, 9.17) is 5.26 Å². The largest absolute Gasteiger partial charge is 0.314 e. The molecular formula is C9H20N2. The third-order valence-corrected chi connectivity index (χ3v) is 1.24. The Kier molecular flexibility index (Phi) is 14.4. The van der Waals surface area contributed by atoms with Gasteiger partial charge in [0.1, 0.15) is 0 Å². The molecule has 0 fully saturated rings. The van der Waals surface area contributed by atoms with Crippen molar-refractivity contribution in [3.8, 4) is 6.07 Å². The summed E-state index contributed by atoms with van der Waals surface area (Å²) in [5.41, 5.74) is 0. The minimum absolute atomic E-state index is 0.495. The molecule has 1 N–H and O–H groups in total. The smallest absolute Gasteiger partial charge is 0.0622 e. The van der Waals surface area contributed by atoms with Gasteiger partial charge < -0.3 is 5.32 Å². The number of rotatable bonds is 4. The molecule has 0 aliphatic heterocycles. The number of nitrogens with zero attached hydrogens (tertiary/aromatic N) is 1. The van der Waals surface area contributed by atoms with Crippen LogP contribution in [0, 0.1) is 11.3 Å². The van der Waals surface area contributed by atoms with Crippen LogP contribution in [0.25, 0.3) is 0 Å². The second-order valence-corrected chi connectivity index (χ2v) is 2.16. The topological polar surface area (TPSA) is 35.8 Å². The molecule has 0 aromatic heterocycles. The lowest BCUT2D eigenvalue weighted by atomic mass is 10.2. The Morgan fingerprint density at radius 1 is 1.45 bits per heavy atom. The van der Waals surface area contributed by atoms with Gasteiger partial charge in [-0.05, 0) is 19.9 Å². The van der Waals surface area contributed by atoms with E-state index in [-0.39, 0.29) is 0 Å². The van der Waals surface area contributed by atoms with Gasteiger partial charge in [-0.2, -0.15) is 5.26 Å². The Balaban J connectivity index is 0. The van der Waals surface area contributed by atoms with Gasteiger partial charge in [-0.25, -0.2) is 0 Å². The van der Waals surface area contributed by atoms with Crippen LogP contribution in [0.2, 0.25) is 0 Å². The molecule has 0 radical (unpaired) electrons. The molecule has 0 aromatic carbocycles. The van der Waals surface area contributed by atoms with E-state index in [2.05, 4.69) is 25.2 Å². The Labute approximate surface area is 70.6 Å². The minimum Gasteiger partial charge on any atom is -0.314 e. The van der Waals surface area contributed by atoms with Crippen molar-refractivity contribution in [2.75, 3.05) is 6.54 Å². The number of hydrogen-bond acceptors (Lipinski definition) is 2. The zero-order valence-electron chi connectivity index (χ0n) is 8.15. The van der Waals surface area contributed by atoms with Crippen LogP contribution in [-0.2, 0) is 0 Å². The second-order valence-electron chi connectivity index (χ2n) is 2.16. The van der Waals surface area contributed by atoms with Crippen molar-refractivity contribution in [1.82, 2.24) is 5.32 Å². The lowest BCUT2D eigenvalue weighted by Gasteiger charge is -2.08. The predicted molar refractivity (Wildman–Crippen MR) is 49.3 cm³/mol. The average Bonchev–Trinajstić information content (AvgIpc) is 2.05. The van der Waals surface area contributed by atoms with Crippen LogP contribution >= 0.6 is 0 Å². The molecule has 2 heteroatoms. The van der Waals surface area contributed by atoms with Gasteiger partial charge >= 0.3 is 0 Å². The van der Waals surface area contributed by atoms with E-state index < -0.39 is 0 Å². The summed E-state index contributed by atoms with van der Waals surface area (Å²) in [4.78, 5) is 0. The quantitative estimate of drug-likeness (QED) is 0.678. The molecule has 0 amide bonds. The fourth-order valence-corrected chi connectivity index (χ4v) is 0.732. The first-order valence-corrected chi connectivity index (χ1v) is 4.41. The molecule has 1 atom stereocenters. The highest BCUT2D eigenvalue weighted by Gasteiger charge is 1.96. The maximum Gasteiger partial charge on any atom is 0.0622 e. The molecule has 0 bridgehead atoms. The summed E-state index contributed by atoms with van der Waals surface area (Å²) in [5, 5.41) is 11.4. The SMILES string of the molecule is CC.CCNC(C)CCC#N. The molecule has 11 heavy (non-hydrogen) atoms. The van der Waals surface area contributed by atoms with Gasteiger partial charge in [-0.15, -0.1) is 0 Å². The lowest BCUT2D eigenvalue weighted by molar-refractivity contribution is 0.537. The summed E-state index contributed by atoms with van der Waals surface area (Å²) in [5.74, 6) is 0. The van der Waals surface area contributed by atoms with Crippen molar-refractivity contribution in [3.05, 3.63) is 0 Å². The van der Waals surface area contributed by atoms with Gasteiger partial charge in [-0.1, -0.05) is 20.8 Å². The van der Waals surface area contributed by atoms with Gasteiger partial charge in [0, 0.05) is 12.5 Å². The molecule has 0 heterocycles. The van der Waals surface area contributed by atoms with Gasteiger partial charge in [0.25, 0.3) is 0 Å². The van der Waals surface area contributed by atoms with Gasteiger partial charge in [0.2, 0.25) is 0 Å². The number of nitrogens with one attached hydrogen (secondary N) is 1. The van der Waals surface area contributed by atoms with Crippen LogP contribution < -0.4 is 5.32 Å². The van der Waals surface area contributed by atoms with Crippen LogP contribution in [0.15, 0.2) is 0 Å². The first-order chi connectivity index (χ1) is 5.31. The van der Waals surface area contributed by atoms with E-state index in [1.807, 2.05) is 13.8 Å². The van der Waals surface area contributed by atoms with Crippen LogP contribution in [0.4, 0.5) is 0 Å². The van der Waals surface area contributed by atoms with E-state index in [0.29, 0.717) is 12.5 Å². The molecule has 0 rings (SSSR count). The zero-order valence-corrected chi connectivity index (χ0v) is 8.15. The van der Waals surface area contributed by atoms with Crippen LogP contribution in [0.3, 0.4) is 0 Å². The summed E-state index contributed by atoms with van der Waals surface area (Å²) in [6, 6.07) is 2.61. The molecule has 0 aliphatic rings. The molecule has 0 spiro atoms. The van der Waals surface area contributed by atoms with Crippen LogP contribution in [-0.4, -0.2) is 12.6 Å². The molecule has 0 aromatic rings. The Bertz CT molecular complexity index is 94.2. The van der Waals surface area contributed by atoms with Crippen LogP contribution in [0.1, 0.15) is 40.5 Å². The van der Waals surface area contributed by atoms with Crippen molar-refractivity contribution < 1.29 is 0 Å². The van der Waals surface area contributed by atoms with E-state index in [1.165, 1.54) is 0 Å². The molecular weight excluding hydrogens is 136 g/mol. The fourth-order valence-electron chi connectivity index (χ4n) is 0.732. The third-order valence-electron chi connectivity index (χ3n) is 1.24. The zero-order chi connectivity index (χ0) is 9.11. The lowest BCUT2D eigenvalue weighted by Crippen LogP contribution is -2.24. The first-order valence-electron chi connectivity index (χ1n) is 4.41. The van der Waals surface area contributed by atoms with Crippen LogP contribution in [0.5, 0.6) is 0 Å². The van der Waals surface area contributed by atoms with Gasteiger partial charge in [0.05, 0.1) is 6.07 Å². The Morgan fingerprint density at radius 2 is 2.00 bits per heavy atom.